The first kappa shape index (κ1) is 16.4. The van der Waals surface area contributed by atoms with E-state index in [2.05, 4.69) is 0 Å². The number of aryl methyl sites for hydroxylation is 2. The molecule has 2 amide bonds. The zero-order valence-corrected chi connectivity index (χ0v) is 15.4. The number of ketones is 1. The van der Waals surface area contributed by atoms with Crippen LogP contribution >= 0.6 is 0 Å². The first-order chi connectivity index (χ1) is 13.0. The summed E-state index contributed by atoms with van der Waals surface area (Å²) in [5, 5.41) is 0. The highest BCUT2D eigenvalue weighted by Crippen LogP contribution is 2.58. The topological polar surface area (TPSA) is 54.5 Å². The highest BCUT2D eigenvalue weighted by molar-refractivity contribution is 6.25. The van der Waals surface area contributed by atoms with Crippen molar-refractivity contribution in [2.24, 2.45) is 11.8 Å². The number of hydrogen-bond donors (Lipinski definition) is 0. The average Bonchev–Trinajstić information content (AvgIpc) is 2.93. The zero-order valence-electron chi connectivity index (χ0n) is 15.4. The molecule has 1 heterocycles. The Morgan fingerprint density at radius 3 is 2.37 bits per heavy atom. The molecule has 2 aromatic carbocycles. The summed E-state index contributed by atoms with van der Waals surface area (Å²) in [5.74, 6) is -1.87. The summed E-state index contributed by atoms with van der Waals surface area (Å²) in [6.45, 7) is 3.96. The van der Waals surface area contributed by atoms with Crippen molar-refractivity contribution in [2.45, 2.75) is 38.5 Å². The van der Waals surface area contributed by atoms with Gasteiger partial charge in [0.1, 0.15) is 5.78 Å². The molecule has 0 radical (unpaired) electrons. The van der Waals surface area contributed by atoms with Crippen molar-refractivity contribution in [3.8, 4) is 0 Å². The molecule has 0 spiro atoms. The second-order valence-electron chi connectivity index (χ2n) is 7.88. The first-order valence-electron chi connectivity index (χ1n) is 9.62. The van der Waals surface area contributed by atoms with Crippen LogP contribution in [0.2, 0.25) is 0 Å². The molecule has 136 valence electrons. The summed E-state index contributed by atoms with van der Waals surface area (Å²) in [7, 11) is 0. The molecular weight excluding hydrogens is 338 g/mol. The van der Waals surface area contributed by atoms with Crippen molar-refractivity contribution < 1.29 is 14.4 Å². The Balaban J connectivity index is 1.68. The third kappa shape index (κ3) is 2.01. The Labute approximate surface area is 158 Å². The highest BCUT2D eigenvalue weighted by atomic mass is 16.2. The number of rotatable bonds is 2. The number of anilines is 1. The molecule has 1 aliphatic heterocycles. The molecular formula is C23H21NO3. The quantitative estimate of drug-likeness (QED) is 0.771. The van der Waals surface area contributed by atoms with Gasteiger partial charge in [0.15, 0.2) is 0 Å². The van der Waals surface area contributed by atoms with Crippen LogP contribution in [-0.4, -0.2) is 17.6 Å². The van der Waals surface area contributed by atoms with Crippen LogP contribution < -0.4 is 4.90 Å². The second kappa shape index (κ2) is 5.62. The second-order valence-corrected chi connectivity index (χ2v) is 7.88. The van der Waals surface area contributed by atoms with E-state index in [0.717, 1.165) is 34.4 Å². The lowest BCUT2D eigenvalue weighted by Crippen LogP contribution is -2.44. The van der Waals surface area contributed by atoms with Crippen molar-refractivity contribution in [1.29, 1.82) is 0 Å². The summed E-state index contributed by atoms with van der Waals surface area (Å²) in [6.07, 6.45) is 1.11. The summed E-state index contributed by atoms with van der Waals surface area (Å²) in [6, 6.07) is 13.7. The van der Waals surface area contributed by atoms with Gasteiger partial charge >= 0.3 is 0 Å². The van der Waals surface area contributed by atoms with E-state index < -0.39 is 17.8 Å². The van der Waals surface area contributed by atoms with E-state index in [1.165, 1.54) is 4.90 Å². The molecule has 4 aliphatic rings. The maximum absolute atomic E-state index is 13.5. The van der Waals surface area contributed by atoms with Crippen LogP contribution in [0, 0.1) is 18.8 Å². The molecule has 1 saturated carbocycles. The van der Waals surface area contributed by atoms with E-state index >= 15 is 0 Å². The number of benzene rings is 2. The molecule has 4 nitrogen and oxygen atoms in total. The van der Waals surface area contributed by atoms with Crippen molar-refractivity contribution in [3.63, 3.8) is 0 Å². The SMILES string of the molecule is CCc1cccc(C)c1N1C(=O)[C@@H]2[C@H](C1=O)[C@H]1CC(=O)[C@@H]2c2ccccc21. The smallest absolute Gasteiger partial charge is 0.238 e. The number of carbonyl (C=O) groups excluding carboxylic acids is 3. The van der Waals surface area contributed by atoms with Gasteiger partial charge in [0, 0.05) is 12.3 Å². The molecule has 0 aromatic heterocycles. The van der Waals surface area contributed by atoms with Gasteiger partial charge in [-0.05, 0) is 35.6 Å². The number of Topliss-reactive ketones (excluding diaryl/α,β-unsaturated/α-hetero) is 1. The van der Waals surface area contributed by atoms with Gasteiger partial charge < -0.3 is 0 Å². The fourth-order valence-electron chi connectivity index (χ4n) is 5.50. The minimum Gasteiger partial charge on any atom is -0.299 e. The van der Waals surface area contributed by atoms with E-state index in [4.69, 9.17) is 0 Å². The molecule has 2 bridgehead atoms. The Morgan fingerprint density at radius 1 is 0.926 bits per heavy atom. The molecule has 4 atom stereocenters. The van der Waals surface area contributed by atoms with Crippen molar-refractivity contribution in [3.05, 3.63) is 64.7 Å². The highest BCUT2D eigenvalue weighted by Gasteiger charge is 2.62. The van der Waals surface area contributed by atoms with E-state index in [0.29, 0.717) is 6.42 Å². The molecule has 1 saturated heterocycles. The average molecular weight is 359 g/mol. The predicted octanol–water partition coefficient (Wildman–Crippen LogP) is 3.52. The van der Waals surface area contributed by atoms with E-state index in [9.17, 15) is 14.4 Å². The Morgan fingerprint density at radius 2 is 1.63 bits per heavy atom. The van der Waals surface area contributed by atoms with Gasteiger partial charge in [-0.2, -0.15) is 0 Å². The van der Waals surface area contributed by atoms with Gasteiger partial charge in [-0.1, -0.05) is 49.4 Å². The molecule has 4 heteroatoms. The fourth-order valence-corrected chi connectivity index (χ4v) is 5.50. The van der Waals surface area contributed by atoms with E-state index in [1.807, 2.05) is 56.3 Å². The lowest BCUT2D eigenvalue weighted by molar-refractivity contribution is -0.134. The Hall–Kier alpha value is -2.75. The summed E-state index contributed by atoms with van der Waals surface area (Å²) >= 11 is 0. The molecule has 27 heavy (non-hydrogen) atoms. The molecule has 0 unspecified atom stereocenters. The van der Waals surface area contributed by atoms with Crippen molar-refractivity contribution in [2.75, 3.05) is 4.90 Å². The monoisotopic (exact) mass is 359 g/mol. The number of imide groups is 1. The standard InChI is InChI=1S/C23H21NO3/c1-3-13-8-6-7-12(2)21(13)24-22(26)19-16-11-17(25)18(20(19)23(24)27)15-10-5-4-9-14(15)16/h4-10,16,18-20H,3,11H2,1-2H3/t16-,18-,19+,20-/m0/s1. The van der Waals surface area contributed by atoms with E-state index in [1.54, 1.807) is 0 Å². The van der Waals surface area contributed by atoms with Gasteiger partial charge in [-0.3, -0.25) is 14.4 Å². The van der Waals surface area contributed by atoms with Crippen LogP contribution in [0.1, 0.15) is 47.4 Å². The lowest BCUT2D eigenvalue weighted by atomic mass is 9.56. The molecule has 2 fully saturated rings. The van der Waals surface area contributed by atoms with Gasteiger partial charge in [-0.25, -0.2) is 4.90 Å². The van der Waals surface area contributed by atoms with Crippen LogP contribution in [-0.2, 0) is 20.8 Å². The molecule has 0 N–H and O–H groups in total. The summed E-state index contributed by atoms with van der Waals surface area (Å²) < 4.78 is 0. The maximum Gasteiger partial charge on any atom is 0.238 e. The predicted molar refractivity (Wildman–Crippen MR) is 102 cm³/mol. The van der Waals surface area contributed by atoms with Crippen LogP contribution in [0.25, 0.3) is 0 Å². The maximum atomic E-state index is 13.5. The minimum absolute atomic E-state index is 0.100. The summed E-state index contributed by atoms with van der Waals surface area (Å²) in [5.41, 5.74) is 4.66. The third-order valence-corrected chi connectivity index (χ3v) is 6.61. The number of amides is 2. The molecule has 2 aromatic rings. The first-order valence-corrected chi connectivity index (χ1v) is 9.62. The normalized spacial score (nSPS) is 28.5. The number of nitrogens with zero attached hydrogens (tertiary/aromatic N) is 1. The van der Waals surface area contributed by atoms with Gasteiger partial charge in [-0.15, -0.1) is 0 Å². The Bertz CT molecular complexity index is 1010. The number of hydrogen-bond acceptors (Lipinski definition) is 3. The minimum atomic E-state index is -0.553. The Kier molecular flexibility index (Phi) is 3.42. The van der Waals surface area contributed by atoms with Gasteiger partial charge in [0.2, 0.25) is 11.8 Å². The van der Waals surface area contributed by atoms with Crippen LogP contribution in [0.5, 0.6) is 0 Å². The van der Waals surface area contributed by atoms with Gasteiger partial charge in [0.05, 0.1) is 23.4 Å². The third-order valence-electron chi connectivity index (χ3n) is 6.61. The van der Waals surface area contributed by atoms with Crippen LogP contribution in [0.15, 0.2) is 42.5 Å². The van der Waals surface area contributed by atoms with E-state index in [-0.39, 0.29) is 23.5 Å². The molecule has 3 aliphatic carbocycles. The zero-order chi connectivity index (χ0) is 18.9. The van der Waals surface area contributed by atoms with Crippen molar-refractivity contribution >= 4 is 23.3 Å². The number of carbonyl (C=O) groups is 3. The van der Waals surface area contributed by atoms with Gasteiger partial charge in [0.25, 0.3) is 0 Å². The van der Waals surface area contributed by atoms with Crippen LogP contribution in [0.3, 0.4) is 0 Å². The number of fused-ring (bicyclic) bond motifs is 1. The summed E-state index contributed by atoms with van der Waals surface area (Å²) in [4.78, 5) is 41.1. The fraction of sp³-hybridized carbons (Fsp3) is 0.348. The largest absolute Gasteiger partial charge is 0.299 e. The lowest BCUT2D eigenvalue weighted by Gasteiger charge is -2.43. The van der Waals surface area contributed by atoms with Crippen LogP contribution in [0.4, 0.5) is 5.69 Å². The van der Waals surface area contributed by atoms with Crippen molar-refractivity contribution in [1.82, 2.24) is 0 Å². The molecule has 6 rings (SSSR count). The number of para-hydroxylation sites is 1.